The van der Waals surface area contributed by atoms with Crippen LogP contribution in [0, 0.1) is 11.8 Å². The van der Waals surface area contributed by atoms with E-state index in [1.807, 2.05) is 7.11 Å². The van der Waals surface area contributed by atoms with E-state index < -0.39 is 0 Å². The largest absolute Gasteiger partial charge is 0.384 e. The second-order valence-electron chi connectivity index (χ2n) is 5.56. The highest BCUT2D eigenvalue weighted by Crippen LogP contribution is 2.31. The smallest absolute Gasteiger partial charge is 0.0490 e. The van der Waals surface area contributed by atoms with E-state index in [4.69, 9.17) is 4.74 Å². The van der Waals surface area contributed by atoms with Gasteiger partial charge in [-0.2, -0.15) is 0 Å². The molecule has 3 heteroatoms. The van der Waals surface area contributed by atoms with Crippen LogP contribution in [0.1, 0.15) is 32.6 Å². The molecule has 2 atom stereocenters. The van der Waals surface area contributed by atoms with Crippen LogP contribution in [0.15, 0.2) is 0 Å². The van der Waals surface area contributed by atoms with Crippen LogP contribution in [0.4, 0.5) is 0 Å². The molecule has 2 N–H and O–H groups in total. The van der Waals surface area contributed by atoms with Crippen LogP contribution in [0.2, 0.25) is 0 Å². The van der Waals surface area contributed by atoms with Crippen molar-refractivity contribution in [2.45, 2.75) is 44.7 Å². The molecule has 0 aromatic carbocycles. The quantitative estimate of drug-likeness (QED) is 0.763. The molecule has 2 fully saturated rings. The fourth-order valence-corrected chi connectivity index (χ4v) is 3.13. The van der Waals surface area contributed by atoms with Gasteiger partial charge < -0.3 is 15.4 Å². The van der Waals surface area contributed by atoms with E-state index in [0.717, 1.165) is 31.5 Å². The summed E-state index contributed by atoms with van der Waals surface area (Å²) in [4.78, 5) is 0. The molecule has 2 rings (SSSR count). The predicted octanol–water partition coefficient (Wildman–Crippen LogP) is 1.39. The van der Waals surface area contributed by atoms with Crippen molar-refractivity contribution in [1.29, 1.82) is 0 Å². The minimum absolute atomic E-state index is 0.640. The summed E-state index contributed by atoms with van der Waals surface area (Å²) >= 11 is 0. The van der Waals surface area contributed by atoms with E-state index in [9.17, 15) is 0 Å². The third-order valence-electron chi connectivity index (χ3n) is 4.24. The van der Waals surface area contributed by atoms with E-state index in [-0.39, 0.29) is 0 Å². The van der Waals surface area contributed by atoms with Crippen LogP contribution in [0.5, 0.6) is 0 Å². The average molecular weight is 226 g/mol. The summed E-state index contributed by atoms with van der Waals surface area (Å²) < 4.78 is 5.25. The van der Waals surface area contributed by atoms with Crippen LogP contribution in [-0.4, -0.2) is 38.9 Å². The molecule has 0 spiro atoms. The molecule has 1 aliphatic heterocycles. The minimum atomic E-state index is 0.640. The first kappa shape index (κ1) is 12.3. The van der Waals surface area contributed by atoms with Crippen LogP contribution in [0.25, 0.3) is 0 Å². The molecular formula is C13H26N2O. The zero-order valence-corrected chi connectivity index (χ0v) is 10.7. The van der Waals surface area contributed by atoms with Gasteiger partial charge in [-0.05, 0) is 44.4 Å². The lowest BCUT2D eigenvalue weighted by atomic mass is 9.78. The Labute approximate surface area is 99.3 Å². The van der Waals surface area contributed by atoms with Gasteiger partial charge in [0.25, 0.3) is 0 Å². The fourth-order valence-electron chi connectivity index (χ4n) is 3.13. The maximum atomic E-state index is 5.25. The Morgan fingerprint density at radius 3 is 2.38 bits per heavy atom. The molecule has 1 saturated carbocycles. The molecule has 16 heavy (non-hydrogen) atoms. The number of piperazine rings is 1. The molecule has 0 amide bonds. The van der Waals surface area contributed by atoms with E-state index in [0.29, 0.717) is 12.1 Å². The Kier molecular flexibility index (Phi) is 4.62. The van der Waals surface area contributed by atoms with Gasteiger partial charge >= 0.3 is 0 Å². The number of nitrogens with one attached hydrogen (secondary N) is 2. The van der Waals surface area contributed by atoms with Crippen LogP contribution in [-0.2, 0) is 4.74 Å². The lowest BCUT2D eigenvalue weighted by Gasteiger charge is -2.38. The van der Waals surface area contributed by atoms with Gasteiger partial charge in [-0.15, -0.1) is 0 Å². The minimum Gasteiger partial charge on any atom is -0.384 e. The zero-order valence-electron chi connectivity index (χ0n) is 10.7. The van der Waals surface area contributed by atoms with Gasteiger partial charge in [0.2, 0.25) is 0 Å². The van der Waals surface area contributed by atoms with Crippen molar-refractivity contribution < 1.29 is 4.74 Å². The molecule has 3 nitrogen and oxygen atoms in total. The Bertz CT molecular complexity index is 194. The summed E-state index contributed by atoms with van der Waals surface area (Å²) in [5.74, 6) is 1.70. The van der Waals surface area contributed by atoms with Crippen molar-refractivity contribution in [3.63, 3.8) is 0 Å². The number of ether oxygens (including phenoxy) is 1. The van der Waals surface area contributed by atoms with Gasteiger partial charge in [0, 0.05) is 38.9 Å². The summed E-state index contributed by atoms with van der Waals surface area (Å²) in [5.41, 5.74) is 0. The van der Waals surface area contributed by atoms with Crippen molar-refractivity contribution in [1.82, 2.24) is 10.6 Å². The van der Waals surface area contributed by atoms with Crippen molar-refractivity contribution in [2.75, 3.05) is 26.8 Å². The standard InChI is InChI=1S/C13H26N2O/c1-10-7-15-13(8-14-10)12-5-3-11(4-6-12)9-16-2/h10-15H,3-9H2,1-2H3. The van der Waals surface area contributed by atoms with E-state index in [2.05, 4.69) is 17.6 Å². The number of hydrogen-bond donors (Lipinski definition) is 2. The molecule has 1 heterocycles. The molecule has 0 aromatic rings. The van der Waals surface area contributed by atoms with Gasteiger partial charge in [-0.1, -0.05) is 0 Å². The first-order valence-corrected chi connectivity index (χ1v) is 6.75. The van der Waals surface area contributed by atoms with Crippen molar-refractivity contribution in [3.8, 4) is 0 Å². The van der Waals surface area contributed by atoms with Gasteiger partial charge in [0.05, 0.1) is 0 Å². The average Bonchev–Trinajstić information content (AvgIpc) is 2.32. The topological polar surface area (TPSA) is 33.3 Å². The third kappa shape index (κ3) is 3.19. The number of methoxy groups -OCH3 is 1. The normalized spacial score (nSPS) is 40.9. The van der Waals surface area contributed by atoms with Gasteiger partial charge in [0.1, 0.15) is 0 Å². The summed E-state index contributed by atoms with van der Waals surface area (Å²) in [6.45, 7) is 5.49. The van der Waals surface area contributed by atoms with Gasteiger partial charge in [-0.25, -0.2) is 0 Å². The molecule has 2 aliphatic rings. The highest BCUT2D eigenvalue weighted by molar-refractivity contribution is 4.88. The zero-order chi connectivity index (χ0) is 11.4. The van der Waals surface area contributed by atoms with Crippen molar-refractivity contribution in [3.05, 3.63) is 0 Å². The maximum Gasteiger partial charge on any atom is 0.0490 e. The molecule has 1 aliphatic carbocycles. The highest BCUT2D eigenvalue weighted by Gasteiger charge is 2.29. The van der Waals surface area contributed by atoms with Crippen LogP contribution in [0.3, 0.4) is 0 Å². The number of rotatable bonds is 3. The Balaban J connectivity index is 1.72. The van der Waals surface area contributed by atoms with E-state index in [1.54, 1.807) is 0 Å². The summed E-state index contributed by atoms with van der Waals surface area (Å²) in [6.07, 6.45) is 5.46. The third-order valence-corrected chi connectivity index (χ3v) is 4.24. The molecular weight excluding hydrogens is 200 g/mol. The second-order valence-corrected chi connectivity index (χ2v) is 5.56. The molecule has 94 valence electrons. The van der Waals surface area contributed by atoms with Gasteiger partial charge in [0.15, 0.2) is 0 Å². The summed E-state index contributed by atoms with van der Waals surface area (Å²) in [5, 5.41) is 7.27. The lowest BCUT2D eigenvalue weighted by molar-refractivity contribution is 0.108. The first-order valence-electron chi connectivity index (χ1n) is 6.75. The van der Waals surface area contributed by atoms with E-state index >= 15 is 0 Å². The molecule has 2 unspecified atom stereocenters. The Morgan fingerprint density at radius 2 is 1.81 bits per heavy atom. The Hall–Kier alpha value is -0.120. The lowest BCUT2D eigenvalue weighted by Crippen LogP contribution is -2.56. The summed E-state index contributed by atoms with van der Waals surface area (Å²) in [7, 11) is 1.82. The molecule has 1 saturated heterocycles. The molecule has 0 bridgehead atoms. The van der Waals surface area contributed by atoms with Gasteiger partial charge in [-0.3, -0.25) is 0 Å². The molecule has 0 radical (unpaired) electrons. The molecule has 0 aromatic heterocycles. The Morgan fingerprint density at radius 1 is 1.06 bits per heavy atom. The highest BCUT2D eigenvalue weighted by atomic mass is 16.5. The van der Waals surface area contributed by atoms with Crippen LogP contribution >= 0.6 is 0 Å². The van der Waals surface area contributed by atoms with E-state index in [1.165, 1.54) is 25.7 Å². The first-order chi connectivity index (χ1) is 7.79. The van der Waals surface area contributed by atoms with Crippen molar-refractivity contribution in [2.24, 2.45) is 11.8 Å². The summed E-state index contributed by atoms with van der Waals surface area (Å²) in [6, 6.07) is 1.35. The SMILES string of the molecule is COCC1CCC(C2CNC(C)CN2)CC1. The van der Waals surface area contributed by atoms with Crippen molar-refractivity contribution >= 4 is 0 Å². The second kappa shape index (κ2) is 5.99. The fraction of sp³-hybridized carbons (Fsp3) is 1.00. The number of hydrogen-bond acceptors (Lipinski definition) is 3. The predicted molar refractivity (Wildman–Crippen MR) is 66.6 cm³/mol. The monoisotopic (exact) mass is 226 g/mol. The van der Waals surface area contributed by atoms with Crippen LogP contribution < -0.4 is 10.6 Å². The maximum absolute atomic E-state index is 5.25.